The summed E-state index contributed by atoms with van der Waals surface area (Å²) in [5.41, 5.74) is 2.49. The van der Waals surface area contributed by atoms with Crippen molar-refractivity contribution in [3.05, 3.63) is 59.7 Å². The summed E-state index contributed by atoms with van der Waals surface area (Å²) in [6.45, 7) is 6.21. The number of benzene rings is 2. The first-order valence-electron chi connectivity index (χ1n) is 8.13. The van der Waals surface area contributed by atoms with E-state index in [1.165, 1.54) is 12.1 Å². The van der Waals surface area contributed by atoms with Crippen LogP contribution in [0.2, 0.25) is 0 Å². The van der Waals surface area contributed by atoms with Crippen molar-refractivity contribution in [2.45, 2.75) is 39.7 Å². The molecule has 4 nitrogen and oxygen atoms in total. The van der Waals surface area contributed by atoms with Gasteiger partial charge in [-0.3, -0.25) is 0 Å². The van der Waals surface area contributed by atoms with Crippen LogP contribution in [-0.2, 0) is 6.54 Å². The van der Waals surface area contributed by atoms with Gasteiger partial charge in [0.2, 0.25) is 0 Å². The van der Waals surface area contributed by atoms with Crippen molar-refractivity contribution >= 4 is 11.7 Å². The van der Waals surface area contributed by atoms with Gasteiger partial charge in [0.25, 0.3) is 0 Å². The lowest BCUT2D eigenvalue weighted by Crippen LogP contribution is -2.39. The predicted octanol–water partition coefficient (Wildman–Crippen LogP) is 5.34. The van der Waals surface area contributed by atoms with Crippen LogP contribution in [0.3, 0.4) is 0 Å². The van der Waals surface area contributed by atoms with E-state index in [-0.39, 0.29) is 17.8 Å². The van der Waals surface area contributed by atoms with E-state index in [1.807, 2.05) is 45.0 Å². The number of carbonyl (C=O) groups excluding carboxylic acids is 1. The van der Waals surface area contributed by atoms with Crippen LogP contribution in [0, 0.1) is 6.92 Å². The fourth-order valence-electron chi connectivity index (χ4n) is 2.43. The van der Waals surface area contributed by atoms with Crippen LogP contribution in [0.15, 0.2) is 48.5 Å². The second kappa shape index (κ2) is 8.12. The highest BCUT2D eigenvalue weighted by Crippen LogP contribution is 2.24. The molecule has 0 fully saturated rings. The first kappa shape index (κ1) is 19.6. The summed E-state index contributed by atoms with van der Waals surface area (Å²) in [6, 6.07) is 12.5. The number of alkyl halides is 3. The van der Waals surface area contributed by atoms with Gasteiger partial charge >= 0.3 is 12.4 Å². The molecule has 0 bridgehead atoms. The van der Waals surface area contributed by atoms with Crippen LogP contribution in [0.5, 0.6) is 5.75 Å². The average molecular weight is 366 g/mol. The number of anilines is 1. The van der Waals surface area contributed by atoms with Crippen molar-refractivity contribution in [2.75, 3.05) is 5.32 Å². The molecule has 2 rings (SSSR count). The summed E-state index contributed by atoms with van der Waals surface area (Å²) >= 11 is 0. The lowest BCUT2D eigenvalue weighted by atomic mass is 10.1. The van der Waals surface area contributed by atoms with Crippen LogP contribution in [0.25, 0.3) is 0 Å². The SMILES string of the molecule is Cc1cccc(CN(C(=O)Nc2ccc(OC(F)(F)F)cc2)C(C)C)c1. The van der Waals surface area contributed by atoms with Crippen molar-refractivity contribution in [2.24, 2.45) is 0 Å². The number of aryl methyl sites for hydroxylation is 1. The Morgan fingerprint density at radius 3 is 2.35 bits per heavy atom. The zero-order valence-corrected chi connectivity index (χ0v) is 14.8. The Labute approximate surface area is 150 Å². The summed E-state index contributed by atoms with van der Waals surface area (Å²) in [5.74, 6) is -0.337. The highest BCUT2D eigenvalue weighted by Gasteiger charge is 2.31. The topological polar surface area (TPSA) is 41.6 Å². The smallest absolute Gasteiger partial charge is 0.406 e. The standard InChI is InChI=1S/C19H21F3N2O2/c1-13(2)24(12-15-6-4-5-14(3)11-15)18(25)23-16-7-9-17(10-8-16)26-19(20,21)22/h4-11,13H,12H2,1-3H3,(H,23,25). The number of urea groups is 1. The van der Waals surface area contributed by atoms with Crippen LogP contribution >= 0.6 is 0 Å². The molecule has 2 aromatic carbocycles. The van der Waals surface area contributed by atoms with Gasteiger partial charge in [0.15, 0.2) is 0 Å². The van der Waals surface area contributed by atoms with E-state index in [1.54, 1.807) is 4.90 Å². The Morgan fingerprint density at radius 2 is 1.81 bits per heavy atom. The Kier molecular flexibility index (Phi) is 6.13. The summed E-state index contributed by atoms with van der Waals surface area (Å²) < 4.78 is 40.4. The molecule has 2 amide bonds. The molecular weight excluding hydrogens is 345 g/mol. The third-order valence-electron chi connectivity index (χ3n) is 3.66. The second-order valence-corrected chi connectivity index (χ2v) is 6.21. The van der Waals surface area contributed by atoms with Crippen molar-refractivity contribution in [3.63, 3.8) is 0 Å². The molecule has 0 aromatic heterocycles. The molecule has 0 unspecified atom stereocenters. The lowest BCUT2D eigenvalue weighted by Gasteiger charge is -2.27. The molecular formula is C19H21F3N2O2. The van der Waals surface area contributed by atoms with E-state index in [9.17, 15) is 18.0 Å². The van der Waals surface area contributed by atoms with Gasteiger partial charge in [0.05, 0.1) is 0 Å². The summed E-state index contributed by atoms with van der Waals surface area (Å²) in [4.78, 5) is 14.2. The minimum atomic E-state index is -4.74. The molecule has 0 aliphatic heterocycles. The van der Waals surface area contributed by atoms with Crippen LogP contribution in [-0.4, -0.2) is 23.3 Å². The first-order valence-corrected chi connectivity index (χ1v) is 8.13. The van der Waals surface area contributed by atoms with Crippen LogP contribution in [0.4, 0.5) is 23.7 Å². The Balaban J connectivity index is 2.05. The Morgan fingerprint density at radius 1 is 1.15 bits per heavy atom. The fraction of sp³-hybridized carbons (Fsp3) is 0.316. The van der Waals surface area contributed by atoms with Gasteiger partial charge in [0.1, 0.15) is 5.75 Å². The van der Waals surface area contributed by atoms with Gasteiger partial charge in [-0.2, -0.15) is 0 Å². The molecule has 0 aliphatic carbocycles. The summed E-state index contributed by atoms with van der Waals surface area (Å²) in [6.07, 6.45) is -4.74. The van der Waals surface area contributed by atoms with Crippen molar-refractivity contribution < 1.29 is 22.7 Å². The van der Waals surface area contributed by atoms with E-state index < -0.39 is 6.36 Å². The lowest BCUT2D eigenvalue weighted by molar-refractivity contribution is -0.274. The molecule has 0 radical (unpaired) electrons. The molecule has 26 heavy (non-hydrogen) atoms. The number of carbonyl (C=O) groups is 1. The highest BCUT2D eigenvalue weighted by molar-refractivity contribution is 5.89. The van der Waals surface area contributed by atoms with Gasteiger partial charge in [-0.1, -0.05) is 29.8 Å². The zero-order valence-electron chi connectivity index (χ0n) is 14.8. The van der Waals surface area contributed by atoms with Gasteiger partial charge in [0, 0.05) is 18.3 Å². The maximum absolute atomic E-state index is 12.6. The Hall–Kier alpha value is -2.70. The molecule has 7 heteroatoms. The molecule has 0 heterocycles. The Bertz CT molecular complexity index is 743. The minimum absolute atomic E-state index is 0.0525. The van der Waals surface area contributed by atoms with E-state index in [4.69, 9.17) is 0 Å². The maximum atomic E-state index is 12.6. The number of rotatable bonds is 5. The number of hydrogen-bond donors (Lipinski definition) is 1. The van der Waals surface area contributed by atoms with E-state index in [0.717, 1.165) is 23.3 Å². The fourth-order valence-corrected chi connectivity index (χ4v) is 2.43. The molecule has 0 spiro atoms. The van der Waals surface area contributed by atoms with Gasteiger partial charge in [-0.25, -0.2) is 4.79 Å². The number of nitrogens with zero attached hydrogens (tertiary/aromatic N) is 1. The third kappa shape index (κ3) is 5.98. The van der Waals surface area contributed by atoms with Crippen LogP contribution in [0.1, 0.15) is 25.0 Å². The number of ether oxygens (including phenoxy) is 1. The maximum Gasteiger partial charge on any atom is 0.573 e. The first-order chi connectivity index (χ1) is 12.1. The van der Waals surface area contributed by atoms with E-state index >= 15 is 0 Å². The largest absolute Gasteiger partial charge is 0.573 e. The third-order valence-corrected chi connectivity index (χ3v) is 3.66. The molecule has 0 saturated heterocycles. The van der Waals surface area contributed by atoms with E-state index in [0.29, 0.717) is 12.2 Å². The number of halogens is 3. The molecule has 1 N–H and O–H groups in total. The minimum Gasteiger partial charge on any atom is -0.406 e. The number of amides is 2. The molecule has 140 valence electrons. The summed E-state index contributed by atoms with van der Waals surface area (Å²) in [7, 11) is 0. The van der Waals surface area contributed by atoms with Gasteiger partial charge in [-0.05, 0) is 50.6 Å². The quantitative estimate of drug-likeness (QED) is 0.776. The average Bonchev–Trinajstić information content (AvgIpc) is 2.53. The van der Waals surface area contributed by atoms with Crippen molar-refractivity contribution in [3.8, 4) is 5.75 Å². The van der Waals surface area contributed by atoms with Crippen molar-refractivity contribution in [1.82, 2.24) is 4.90 Å². The van der Waals surface area contributed by atoms with Gasteiger partial charge in [-0.15, -0.1) is 13.2 Å². The molecule has 0 saturated carbocycles. The number of hydrogen-bond acceptors (Lipinski definition) is 2. The molecule has 0 aliphatic rings. The predicted molar refractivity (Wildman–Crippen MR) is 94.0 cm³/mol. The van der Waals surface area contributed by atoms with Gasteiger partial charge < -0.3 is 15.0 Å². The monoisotopic (exact) mass is 366 g/mol. The molecule has 2 aromatic rings. The highest BCUT2D eigenvalue weighted by atomic mass is 19.4. The van der Waals surface area contributed by atoms with Crippen LogP contribution < -0.4 is 10.1 Å². The molecule has 0 atom stereocenters. The van der Waals surface area contributed by atoms with Crippen molar-refractivity contribution in [1.29, 1.82) is 0 Å². The zero-order chi connectivity index (χ0) is 19.3. The summed E-state index contributed by atoms with van der Waals surface area (Å²) in [5, 5.41) is 2.70. The van der Waals surface area contributed by atoms with E-state index in [2.05, 4.69) is 10.1 Å². The second-order valence-electron chi connectivity index (χ2n) is 6.21. The normalized spacial score (nSPS) is 11.3. The number of nitrogens with one attached hydrogen (secondary N) is 1.